The molecule has 2 atom stereocenters. The predicted molar refractivity (Wildman–Crippen MR) is 61.0 cm³/mol. The lowest BCUT2D eigenvalue weighted by Gasteiger charge is -2.11. The summed E-state index contributed by atoms with van der Waals surface area (Å²) in [5.41, 5.74) is 5.67. The Morgan fingerprint density at radius 1 is 1.50 bits per heavy atom. The first kappa shape index (κ1) is 11.5. The highest BCUT2D eigenvalue weighted by Crippen LogP contribution is 2.28. The van der Waals surface area contributed by atoms with Crippen molar-refractivity contribution in [1.29, 1.82) is 0 Å². The van der Waals surface area contributed by atoms with Crippen LogP contribution in [-0.2, 0) is 17.8 Å². The summed E-state index contributed by atoms with van der Waals surface area (Å²) in [6, 6.07) is 0. The van der Waals surface area contributed by atoms with Crippen LogP contribution in [0.15, 0.2) is 0 Å². The van der Waals surface area contributed by atoms with E-state index in [1.54, 1.807) is 0 Å². The summed E-state index contributed by atoms with van der Waals surface area (Å²) < 4.78 is 7.74. The fourth-order valence-electron chi connectivity index (χ4n) is 2.27. The first-order chi connectivity index (χ1) is 7.76. The minimum absolute atomic E-state index is 0.332. The van der Waals surface area contributed by atoms with Gasteiger partial charge in [0.05, 0.1) is 19.3 Å². The van der Waals surface area contributed by atoms with Crippen molar-refractivity contribution in [2.45, 2.75) is 51.8 Å². The van der Waals surface area contributed by atoms with Crippen LogP contribution < -0.4 is 5.73 Å². The van der Waals surface area contributed by atoms with Crippen LogP contribution >= 0.6 is 0 Å². The second kappa shape index (κ2) is 4.93. The summed E-state index contributed by atoms with van der Waals surface area (Å²) in [6.07, 6.45) is 2.44. The maximum Gasteiger partial charge on any atom is 0.146 e. The van der Waals surface area contributed by atoms with Crippen LogP contribution in [0.1, 0.15) is 44.3 Å². The molecule has 0 aromatic carbocycles. The molecule has 1 aromatic heterocycles. The third-order valence-electron chi connectivity index (χ3n) is 3.05. The van der Waals surface area contributed by atoms with Gasteiger partial charge in [-0.25, -0.2) is 0 Å². The second-order valence-corrected chi connectivity index (χ2v) is 4.41. The molecule has 2 N–H and O–H groups in total. The van der Waals surface area contributed by atoms with Crippen LogP contribution in [0.25, 0.3) is 0 Å². The Hall–Kier alpha value is -0.940. The predicted octanol–water partition coefficient (Wildman–Crippen LogP) is 1.04. The van der Waals surface area contributed by atoms with Crippen LogP contribution in [0, 0.1) is 0 Å². The summed E-state index contributed by atoms with van der Waals surface area (Å²) in [5, 5.41) is 8.43. The molecule has 5 heteroatoms. The van der Waals surface area contributed by atoms with E-state index in [9.17, 15) is 0 Å². The molecule has 0 radical (unpaired) electrons. The van der Waals surface area contributed by atoms with E-state index >= 15 is 0 Å². The average Bonchev–Trinajstić information content (AvgIpc) is 2.85. The molecule has 16 heavy (non-hydrogen) atoms. The molecule has 2 heterocycles. The van der Waals surface area contributed by atoms with E-state index in [4.69, 9.17) is 10.5 Å². The smallest absolute Gasteiger partial charge is 0.146 e. The molecular weight excluding hydrogens is 204 g/mol. The van der Waals surface area contributed by atoms with E-state index in [0.29, 0.717) is 18.6 Å². The van der Waals surface area contributed by atoms with Gasteiger partial charge < -0.3 is 15.0 Å². The van der Waals surface area contributed by atoms with Gasteiger partial charge in [-0.2, -0.15) is 0 Å². The lowest BCUT2D eigenvalue weighted by molar-refractivity contribution is 0.123. The van der Waals surface area contributed by atoms with Gasteiger partial charge in [-0.1, -0.05) is 6.92 Å². The number of aromatic nitrogens is 3. The molecule has 1 fully saturated rings. The highest BCUT2D eigenvalue weighted by Gasteiger charge is 2.28. The maximum absolute atomic E-state index is 5.67. The van der Waals surface area contributed by atoms with E-state index in [-0.39, 0.29) is 0 Å². The monoisotopic (exact) mass is 224 g/mol. The minimum Gasteiger partial charge on any atom is -0.378 e. The summed E-state index contributed by atoms with van der Waals surface area (Å²) in [5.74, 6) is 2.32. The Balaban J connectivity index is 2.22. The third kappa shape index (κ3) is 2.10. The first-order valence-corrected chi connectivity index (χ1v) is 5.99. The van der Waals surface area contributed by atoms with Crippen molar-refractivity contribution in [3.05, 3.63) is 11.6 Å². The van der Waals surface area contributed by atoms with Crippen molar-refractivity contribution in [2.75, 3.05) is 6.61 Å². The topological polar surface area (TPSA) is 66.0 Å². The van der Waals surface area contributed by atoms with Gasteiger partial charge in [0.25, 0.3) is 0 Å². The SMILES string of the molecule is CCCn1c(CN)nnc1C1COC(C)C1. The Bertz CT molecular complexity index is 350. The zero-order valence-corrected chi connectivity index (χ0v) is 10.0. The minimum atomic E-state index is 0.332. The number of nitrogens with two attached hydrogens (primary N) is 1. The Morgan fingerprint density at radius 2 is 2.31 bits per heavy atom. The summed E-state index contributed by atoms with van der Waals surface area (Å²) >= 11 is 0. The molecule has 1 aromatic rings. The third-order valence-corrected chi connectivity index (χ3v) is 3.05. The van der Waals surface area contributed by atoms with Crippen LogP contribution in [-0.4, -0.2) is 27.5 Å². The van der Waals surface area contributed by atoms with Gasteiger partial charge in [-0.3, -0.25) is 0 Å². The van der Waals surface area contributed by atoms with Crippen molar-refractivity contribution in [3.8, 4) is 0 Å². The normalized spacial score (nSPS) is 25.2. The molecule has 0 amide bonds. The van der Waals surface area contributed by atoms with E-state index in [1.807, 2.05) is 0 Å². The summed E-state index contributed by atoms with van der Waals surface area (Å²) in [7, 11) is 0. The zero-order chi connectivity index (χ0) is 11.5. The quantitative estimate of drug-likeness (QED) is 0.829. The molecule has 0 bridgehead atoms. The maximum atomic E-state index is 5.67. The molecule has 0 aliphatic carbocycles. The van der Waals surface area contributed by atoms with Crippen LogP contribution in [0.3, 0.4) is 0 Å². The van der Waals surface area contributed by atoms with Crippen molar-refractivity contribution < 1.29 is 4.74 Å². The molecule has 1 aliphatic heterocycles. The number of rotatable bonds is 4. The second-order valence-electron chi connectivity index (χ2n) is 4.41. The van der Waals surface area contributed by atoms with Gasteiger partial charge in [0.1, 0.15) is 11.6 Å². The van der Waals surface area contributed by atoms with Gasteiger partial charge in [0.15, 0.2) is 0 Å². The van der Waals surface area contributed by atoms with Crippen LogP contribution in [0.2, 0.25) is 0 Å². The average molecular weight is 224 g/mol. The van der Waals surface area contributed by atoms with Crippen molar-refractivity contribution >= 4 is 0 Å². The molecule has 5 nitrogen and oxygen atoms in total. The lowest BCUT2D eigenvalue weighted by Crippen LogP contribution is -2.14. The molecule has 2 rings (SSSR count). The van der Waals surface area contributed by atoms with Gasteiger partial charge >= 0.3 is 0 Å². The van der Waals surface area contributed by atoms with Gasteiger partial charge in [-0.05, 0) is 19.8 Å². The number of hydrogen-bond donors (Lipinski definition) is 1. The molecule has 1 aliphatic rings. The lowest BCUT2D eigenvalue weighted by atomic mass is 10.1. The number of hydrogen-bond acceptors (Lipinski definition) is 4. The number of nitrogens with zero attached hydrogens (tertiary/aromatic N) is 3. The molecule has 90 valence electrons. The van der Waals surface area contributed by atoms with Gasteiger partial charge in [0.2, 0.25) is 0 Å². The van der Waals surface area contributed by atoms with Crippen molar-refractivity contribution in [2.24, 2.45) is 5.73 Å². The standard InChI is InChI=1S/C11H20N4O/c1-3-4-15-10(6-12)13-14-11(15)9-5-8(2)16-7-9/h8-9H,3-7,12H2,1-2H3. The van der Waals surface area contributed by atoms with Gasteiger partial charge in [-0.15, -0.1) is 10.2 Å². The van der Waals surface area contributed by atoms with Gasteiger partial charge in [0, 0.05) is 12.5 Å². The largest absolute Gasteiger partial charge is 0.378 e. The molecule has 1 saturated heterocycles. The number of ether oxygens (including phenoxy) is 1. The molecule has 2 unspecified atom stereocenters. The van der Waals surface area contributed by atoms with E-state index < -0.39 is 0 Å². The Kier molecular flexibility index (Phi) is 3.56. The molecule has 0 spiro atoms. The molecule has 0 saturated carbocycles. The highest BCUT2D eigenvalue weighted by molar-refractivity contribution is 5.04. The van der Waals surface area contributed by atoms with Crippen molar-refractivity contribution in [3.63, 3.8) is 0 Å². The summed E-state index contributed by atoms with van der Waals surface area (Å²) in [4.78, 5) is 0. The van der Waals surface area contributed by atoms with Crippen LogP contribution in [0.5, 0.6) is 0 Å². The fraction of sp³-hybridized carbons (Fsp3) is 0.818. The zero-order valence-electron chi connectivity index (χ0n) is 10.0. The molecular formula is C11H20N4O. The van der Waals surface area contributed by atoms with E-state index in [2.05, 4.69) is 28.6 Å². The van der Waals surface area contributed by atoms with Crippen LogP contribution in [0.4, 0.5) is 0 Å². The van der Waals surface area contributed by atoms with E-state index in [0.717, 1.165) is 37.6 Å². The first-order valence-electron chi connectivity index (χ1n) is 5.99. The van der Waals surface area contributed by atoms with E-state index in [1.165, 1.54) is 0 Å². The fourth-order valence-corrected chi connectivity index (χ4v) is 2.27. The Labute approximate surface area is 96.0 Å². The highest BCUT2D eigenvalue weighted by atomic mass is 16.5. The summed E-state index contributed by atoms with van der Waals surface area (Å²) in [6.45, 7) is 6.41. The van der Waals surface area contributed by atoms with Crippen molar-refractivity contribution in [1.82, 2.24) is 14.8 Å². The Morgan fingerprint density at radius 3 is 2.88 bits per heavy atom.